The van der Waals surface area contributed by atoms with Gasteiger partial charge >= 0.3 is 12.1 Å². The van der Waals surface area contributed by atoms with E-state index in [1.54, 1.807) is 6.92 Å². The van der Waals surface area contributed by atoms with Gasteiger partial charge in [-0.1, -0.05) is 18.2 Å². The van der Waals surface area contributed by atoms with Gasteiger partial charge in [-0.05, 0) is 18.6 Å². The van der Waals surface area contributed by atoms with Crippen molar-refractivity contribution in [3.8, 4) is 0 Å². The Morgan fingerprint density at radius 1 is 1.35 bits per heavy atom. The zero-order valence-electron chi connectivity index (χ0n) is 12.2. The van der Waals surface area contributed by atoms with Crippen LogP contribution in [-0.2, 0) is 26.0 Å². The lowest BCUT2D eigenvalue weighted by molar-refractivity contribution is -0.145. The molecule has 1 aromatic carbocycles. The molecule has 0 spiro atoms. The molecule has 8 heteroatoms. The number of benzene rings is 1. The molecule has 1 aliphatic heterocycles. The molecule has 5 nitrogen and oxygen atoms in total. The number of nitrogens with zero attached hydrogens (tertiary/aromatic N) is 1. The summed E-state index contributed by atoms with van der Waals surface area (Å²) in [5.41, 5.74) is -2.89. The van der Waals surface area contributed by atoms with E-state index in [2.05, 4.69) is 0 Å². The predicted molar refractivity (Wildman–Crippen MR) is 72.4 cm³/mol. The van der Waals surface area contributed by atoms with Crippen LogP contribution in [0.2, 0.25) is 0 Å². The van der Waals surface area contributed by atoms with E-state index in [1.165, 1.54) is 6.07 Å². The smallest absolute Gasteiger partial charge is 0.416 e. The largest absolute Gasteiger partial charge is 0.481 e. The van der Waals surface area contributed by atoms with Gasteiger partial charge in [-0.2, -0.15) is 13.2 Å². The quantitative estimate of drug-likeness (QED) is 0.860. The number of hydrogen-bond acceptors (Lipinski definition) is 3. The fourth-order valence-electron chi connectivity index (χ4n) is 2.84. The van der Waals surface area contributed by atoms with Crippen molar-refractivity contribution in [2.45, 2.75) is 31.4 Å². The Labute approximate surface area is 129 Å². The molecule has 0 radical (unpaired) electrons. The van der Waals surface area contributed by atoms with Gasteiger partial charge in [-0.15, -0.1) is 0 Å². The summed E-state index contributed by atoms with van der Waals surface area (Å²) in [4.78, 5) is 36.5. The molecule has 0 aromatic heterocycles. The van der Waals surface area contributed by atoms with Gasteiger partial charge in [0.15, 0.2) is 0 Å². The van der Waals surface area contributed by atoms with Gasteiger partial charge in [0.1, 0.15) is 0 Å². The van der Waals surface area contributed by atoms with Crippen LogP contribution in [0.4, 0.5) is 13.2 Å². The second-order valence-corrected chi connectivity index (χ2v) is 5.35. The second-order valence-electron chi connectivity index (χ2n) is 5.35. The van der Waals surface area contributed by atoms with Crippen molar-refractivity contribution in [1.82, 2.24) is 4.90 Å². The summed E-state index contributed by atoms with van der Waals surface area (Å²) in [5.74, 6) is -2.72. The van der Waals surface area contributed by atoms with Crippen LogP contribution < -0.4 is 0 Å². The lowest BCUT2D eigenvalue weighted by Crippen LogP contribution is -2.40. The molecule has 1 fully saturated rings. The molecule has 2 amide bonds. The van der Waals surface area contributed by atoms with Crippen LogP contribution in [0, 0.1) is 0 Å². The van der Waals surface area contributed by atoms with Crippen molar-refractivity contribution in [3.05, 3.63) is 35.4 Å². The van der Waals surface area contributed by atoms with E-state index in [9.17, 15) is 27.6 Å². The number of aliphatic carboxylic acids is 1. The monoisotopic (exact) mass is 329 g/mol. The molecule has 1 aromatic rings. The van der Waals surface area contributed by atoms with Crippen molar-refractivity contribution >= 4 is 17.8 Å². The van der Waals surface area contributed by atoms with Crippen molar-refractivity contribution in [1.29, 1.82) is 0 Å². The molecule has 1 aliphatic rings. The van der Waals surface area contributed by atoms with Crippen molar-refractivity contribution in [3.63, 3.8) is 0 Å². The fourth-order valence-corrected chi connectivity index (χ4v) is 2.84. The molecular weight excluding hydrogens is 315 g/mol. The van der Waals surface area contributed by atoms with Gasteiger partial charge in [0.25, 0.3) is 0 Å². The number of hydrogen-bond donors (Lipinski definition) is 1. The molecule has 0 saturated carbocycles. The number of alkyl halides is 3. The summed E-state index contributed by atoms with van der Waals surface area (Å²) in [6.45, 7) is 1.58. The Hall–Kier alpha value is -2.38. The number of halogens is 3. The first kappa shape index (κ1) is 17.0. The van der Waals surface area contributed by atoms with Gasteiger partial charge < -0.3 is 5.11 Å². The zero-order chi connectivity index (χ0) is 17.4. The van der Waals surface area contributed by atoms with Crippen molar-refractivity contribution in [2.24, 2.45) is 0 Å². The minimum Gasteiger partial charge on any atom is -0.481 e. The van der Waals surface area contributed by atoms with E-state index < -0.39 is 47.8 Å². The molecular formula is C15H14F3NO4. The Morgan fingerprint density at radius 2 is 2.00 bits per heavy atom. The Bertz CT molecular complexity index is 671. The summed E-state index contributed by atoms with van der Waals surface area (Å²) >= 11 is 0. The SMILES string of the molecule is CCN1C(=O)C[C@](CC(=O)O)(c2cccc(C(F)(F)F)c2)C1=O. The van der Waals surface area contributed by atoms with Crippen LogP contribution in [0.1, 0.15) is 30.9 Å². The number of amides is 2. The minimum atomic E-state index is -4.63. The number of carbonyl (C=O) groups is 3. The van der Waals surface area contributed by atoms with Crippen LogP contribution in [0.3, 0.4) is 0 Å². The van der Waals surface area contributed by atoms with E-state index in [1.807, 2.05) is 0 Å². The summed E-state index contributed by atoms with van der Waals surface area (Å²) in [6, 6.07) is 3.93. The van der Waals surface area contributed by atoms with Crippen LogP contribution in [0.15, 0.2) is 24.3 Å². The number of likely N-dealkylation sites (tertiary alicyclic amines) is 1. The summed E-state index contributed by atoms with van der Waals surface area (Å²) in [7, 11) is 0. The van der Waals surface area contributed by atoms with Crippen molar-refractivity contribution in [2.75, 3.05) is 6.54 Å². The predicted octanol–water partition coefficient (Wildman–Crippen LogP) is 2.20. The van der Waals surface area contributed by atoms with E-state index >= 15 is 0 Å². The molecule has 1 heterocycles. The van der Waals surface area contributed by atoms with E-state index in [0.29, 0.717) is 0 Å². The molecule has 1 saturated heterocycles. The first-order valence-corrected chi connectivity index (χ1v) is 6.86. The Kier molecular flexibility index (Phi) is 4.19. The average Bonchev–Trinajstić information content (AvgIpc) is 2.69. The standard InChI is InChI=1S/C15H14F3NO4/c1-2-19-11(20)7-14(13(19)23,8-12(21)22)9-4-3-5-10(6-9)15(16,17)18/h3-6H,2,7-8H2,1H3,(H,21,22)/t14-/m0/s1. The lowest BCUT2D eigenvalue weighted by Gasteiger charge is -2.26. The van der Waals surface area contributed by atoms with Crippen LogP contribution in [0.25, 0.3) is 0 Å². The summed E-state index contributed by atoms with van der Waals surface area (Å²) in [5, 5.41) is 9.09. The van der Waals surface area contributed by atoms with Crippen LogP contribution >= 0.6 is 0 Å². The minimum absolute atomic E-state index is 0.0397. The highest BCUT2D eigenvalue weighted by atomic mass is 19.4. The van der Waals surface area contributed by atoms with Crippen LogP contribution in [-0.4, -0.2) is 34.3 Å². The van der Waals surface area contributed by atoms with Gasteiger partial charge in [0.2, 0.25) is 11.8 Å². The van der Waals surface area contributed by atoms with E-state index in [0.717, 1.165) is 23.1 Å². The highest BCUT2D eigenvalue weighted by Crippen LogP contribution is 2.41. The normalized spacial score (nSPS) is 21.8. The average molecular weight is 329 g/mol. The Balaban J connectivity index is 2.59. The number of imide groups is 1. The topological polar surface area (TPSA) is 74.7 Å². The highest BCUT2D eigenvalue weighted by molar-refractivity contribution is 6.10. The van der Waals surface area contributed by atoms with Gasteiger partial charge in [0, 0.05) is 13.0 Å². The van der Waals surface area contributed by atoms with Gasteiger partial charge in [-0.25, -0.2) is 0 Å². The van der Waals surface area contributed by atoms with Gasteiger partial charge in [0.05, 0.1) is 17.4 Å². The summed E-state index contributed by atoms with van der Waals surface area (Å²) < 4.78 is 38.6. The maximum absolute atomic E-state index is 12.9. The number of carboxylic acids is 1. The third kappa shape index (κ3) is 2.93. The maximum atomic E-state index is 12.9. The Morgan fingerprint density at radius 3 is 2.48 bits per heavy atom. The second kappa shape index (κ2) is 5.68. The summed E-state index contributed by atoms with van der Waals surface area (Å²) in [6.07, 6.45) is -5.82. The maximum Gasteiger partial charge on any atom is 0.416 e. The van der Waals surface area contributed by atoms with Crippen LogP contribution in [0.5, 0.6) is 0 Å². The molecule has 2 rings (SSSR count). The highest BCUT2D eigenvalue weighted by Gasteiger charge is 2.53. The molecule has 124 valence electrons. The first-order chi connectivity index (χ1) is 10.6. The zero-order valence-corrected chi connectivity index (χ0v) is 12.2. The third-order valence-electron chi connectivity index (χ3n) is 3.92. The molecule has 0 unspecified atom stereocenters. The number of rotatable bonds is 4. The number of likely N-dealkylation sites (N-methyl/N-ethyl adjacent to an activating group) is 1. The van der Waals surface area contributed by atoms with Gasteiger partial charge in [-0.3, -0.25) is 19.3 Å². The molecule has 0 bridgehead atoms. The van der Waals surface area contributed by atoms with E-state index in [-0.39, 0.29) is 12.1 Å². The molecule has 0 aliphatic carbocycles. The fraction of sp³-hybridized carbons (Fsp3) is 0.400. The third-order valence-corrected chi connectivity index (χ3v) is 3.92. The number of carboxylic acid groups (broad SMARTS) is 1. The van der Waals surface area contributed by atoms with Crippen molar-refractivity contribution < 1.29 is 32.7 Å². The molecule has 1 atom stereocenters. The lowest BCUT2D eigenvalue weighted by atomic mass is 9.75. The first-order valence-electron chi connectivity index (χ1n) is 6.86. The van der Waals surface area contributed by atoms with E-state index in [4.69, 9.17) is 5.11 Å². The number of carbonyl (C=O) groups excluding carboxylic acids is 2. The molecule has 1 N–H and O–H groups in total. The molecule has 23 heavy (non-hydrogen) atoms.